The summed E-state index contributed by atoms with van der Waals surface area (Å²) < 4.78 is 0. The summed E-state index contributed by atoms with van der Waals surface area (Å²) in [5.41, 5.74) is 0.763. The lowest BCUT2D eigenvalue weighted by Gasteiger charge is -2.39. The van der Waals surface area contributed by atoms with E-state index in [1.165, 1.54) is 58.2 Å². The van der Waals surface area contributed by atoms with Crippen molar-refractivity contribution in [3.63, 3.8) is 0 Å². The first kappa shape index (κ1) is 12.4. The van der Waals surface area contributed by atoms with Crippen LogP contribution in [0, 0.1) is 17.3 Å². The van der Waals surface area contributed by atoms with Crippen LogP contribution < -0.4 is 0 Å². The van der Waals surface area contributed by atoms with Crippen LogP contribution >= 0.6 is 0 Å². The molecule has 0 aromatic heterocycles. The van der Waals surface area contributed by atoms with Crippen LogP contribution in [-0.2, 0) is 0 Å². The van der Waals surface area contributed by atoms with Gasteiger partial charge >= 0.3 is 0 Å². The number of hydrogen-bond donors (Lipinski definition) is 0. The van der Waals surface area contributed by atoms with E-state index in [0.29, 0.717) is 0 Å². The van der Waals surface area contributed by atoms with Crippen molar-refractivity contribution in [3.05, 3.63) is 0 Å². The third-order valence-electron chi connectivity index (χ3n) is 5.14. The smallest absolute Gasteiger partial charge is 0.00134 e. The summed E-state index contributed by atoms with van der Waals surface area (Å²) in [7, 11) is 0. The largest absolute Gasteiger partial charge is 0.303 e. The van der Waals surface area contributed by atoms with Gasteiger partial charge in [0.15, 0.2) is 0 Å². The van der Waals surface area contributed by atoms with Crippen molar-refractivity contribution in [1.29, 1.82) is 0 Å². The van der Waals surface area contributed by atoms with E-state index in [-0.39, 0.29) is 0 Å². The van der Waals surface area contributed by atoms with Crippen LogP contribution in [0.25, 0.3) is 0 Å². The van der Waals surface area contributed by atoms with Crippen LogP contribution in [0.3, 0.4) is 0 Å². The van der Waals surface area contributed by atoms with E-state index < -0.39 is 0 Å². The lowest BCUT2D eigenvalue weighted by Crippen LogP contribution is -2.39. The minimum Gasteiger partial charge on any atom is -0.303 e. The second-order valence-corrected chi connectivity index (χ2v) is 6.59. The highest BCUT2D eigenvalue weighted by Gasteiger charge is 2.41. The van der Waals surface area contributed by atoms with Gasteiger partial charge in [-0.25, -0.2) is 0 Å². The van der Waals surface area contributed by atoms with Crippen molar-refractivity contribution in [3.8, 4) is 0 Å². The monoisotopic (exact) mass is 223 g/mol. The van der Waals surface area contributed by atoms with Crippen molar-refractivity contribution in [2.75, 3.05) is 19.6 Å². The SMILES string of the molecule is CCCN1CCC2(CCC(C(C)C)C2)CC1. The number of rotatable bonds is 3. The van der Waals surface area contributed by atoms with Gasteiger partial charge in [-0.15, -0.1) is 0 Å². The zero-order valence-corrected chi connectivity index (χ0v) is 11.5. The van der Waals surface area contributed by atoms with Crippen LogP contribution in [0.15, 0.2) is 0 Å². The molecule has 1 unspecified atom stereocenters. The summed E-state index contributed by atoms with van der Waals surface area (Å²) in [5, 5.41) is 0. The van der Waals surface area contributed by atoms with Gasteiger partial charge in [0.1, 0.15) is 0 Å². The first-order valence-corrected chi connectivity index (χ1v) is 7.37. The van der Waals surface area contributed by atoms with Gasteiger partial charge in [0.05, 0.1) is 0 Å². The Bertz CT molecular complexity index is 213. The van der Waals surface area contributed by atoms with E-state index >= 15 is 0 Å². The molecular weight excluding hydrogens is 194 g/mol. The highest BCUT2D eigenvalue weighted by atomic mass is 15.1. The molecule has 2 aliphatic rings. The van der Waals surface area contributed by atoms with Gasteiger partial charge < -0.3 is 4.90 Å². The maximum Gasteiger partial charge on any atom is -0.00134 e. The number of piperidine rings is 1. The summed E-state index contributed by atoms with van der Waals surface area (Å²) in [4.78, 5) is 2.67. The van der Waals surface area contributed by atoms with Crippen molar-refractivity contribution >= 4 is 0 Å². The Morgan fingerprint density at radius 1 is 1.19 bits per heavy atom. The van der Waals surface area contributed by atoms with E-state index in [2.05, 4.69) is 25.7 Å². The molecule has 0 bridgehead atoms. The van der Waals surface area contributed by atoms with Gasteiger partial charge in [0, 0.05) is 0 Å². The molecule has 2 rings (SSSR count). The van der Waals surface area contributed by atoms with E-state index in [9.17, 15) is 0 Å². The lowest BCUT2D eigenvalue weighted by molar-refractivity contribution is 0.102. The van der Waals surface area contributed by atoms with Crippen molar-refractivity contribution in [2.45, 2.75) is 59.3 Å². The maximum absolute atomic E-state index is 2.67. The minimum absolute atomic E-state index is 0.763. The van der Waals surface area contributed by atoms with Gasteiger partial charge in [-0.2, -0.15) is 0 Å². The molecule has 2 fully saturated rings. The molecule has 1 aliphatic carbocycles. The highest BCUT2D eigenvalue weighted by Crippen LogP contribution is 2.50. The number of hydrogen-bond acceptors (Lipinski definition) is 1. The zero-order valence-electron chi connectivity index (χ0n) is 11.5. The van der Waals surface area contributed by atoms with Gasteiger partial charge in [0.2, 0.25) is 0 Å². The molecule has 1 aliphatic heterocycles. The average Bonchev–Trinajstić information content (AvgIpc) is 2.67. The molecule has 0 radical (unpaired) electrons. The number of likely N-dealkylation sites (tertiary alicyclic amines) is 1. The molecule has 0 aromatic carbocycles. The van der Waals surface area contributed by atoms with Crippen molar-refractivity contribution in [1.82, 2.24) is 4.90 Å². The second kappa shape index (κ2) is 5.08. The molecule has 1 saturated heterocycles. The standard InChI is InChI=1S/C15H29N/c1-4-9-16-10-7-15(8-11-16)6-5-14(12-15)13(2)3/h13-14H,4-12H2,1-3H3. The Kier molecular flexibility index (Phi) is 3.94. The zero-order chi connectivity index (χ0) is 11.6. The fourth-order valence-electron chi connectivity index (χ4n) is 3.84. The Hall–Kier alpha value is -0.0400. The number of nitrogens with zero attached hydrogens (tertiary/aromatic N) is 1. The molecule has 0 aromatic rings. The van der Waals surface area contributed by atoms with Gasteiger partial charge in [-0.1, -0.05) is 20.8 Å². The molecule has 94 valence electrons. The Labute approximate surface area is 102 Å². The van der Waals surface area contributed by atoms with Gasteiger partial charge in [-0.05, 0) is 75.4 Å². The summed E-state index contributed by atoms with van der Waals surface area (Å²) >= 11 is 0. The Balaban J connectivity index is 1.84. The Morgan fingerprint density at radius 3 is 2.38 bits per heavy atom. The molecule has 1 atom stereocenters. The maximum atomic E-state index is 2.67. The van der Waals surface area contributed by atoms with Crippen LogP contribution in [0.5, 0.6) is 0 Å². The van der Waals surface area contributed by atoms with Crippen LogP contribution in [-0.4, -0.2) is 24.5 Å². The molecule has 0 amide bonds. The Morgan fingerprint density at radius 2 is 1.88 bits per heavy atom. The van der Waals surface area contributed by atoms with Crippen molar-refractivity contribution in [2.24, 2.45) is 17.3 Å². The van der Waals surface area contributed by atoms with Crippen LogP contribution in [0.2, 0.25) is 0 Å². The fourth-order valence-corrected chi connectivity index (χ4v) is 3.84. The third kappa shape index (κ3) is 2.61. The molecular formula is C15H29N. The first-order valence-electron chi connectivity index (χ1n) is 7.37. The van der Waals surface area contributed by atoms with Crippen molar-refractivity contribution < 1.29 is 0 Å². The minimum atomic E-state index is 0.763. The van der Waals surface area contributed by atoms with Gasteiger partial charge in [-0.3, -0.25) is 0 Å². The van der Waals surface area contributed by atoms with Crippen LogP contribution in [0.1, 0.15) is 59.3 Å². The summed E-state index contributed by atoms with van der Waals surface area (Å²) in [6.07, 6.45) is 8.85. The molecule has 1 nitrogen and oxygen atoms in total. The molecule has 1 heteroatoms. The third-order valence-corrected chi connectivity index (χ3v) is 5.14. The summed E-state index contributed by atoms with van der Waals surface area (Å²) in [5.74, 6) is 1.94. The molecule has 1 saturated carbocycles. The normalized spacial score (nSPS) is 30.4. The molecule has 1 spiro atoms. The average molecular weight is 223 g/mol. The lowest BCUT2D eigenvalue weighted by atomic mass is 9.75. The van der Waals surface area contributed by atoms with E-state index in [0.717, 1.165) is 17.3 Å². The van der Waals surface area contributed by atoms with E-state index in [1.54, 1.807) is 0 Å². The predicted molar refractivity (Wildman–Crippen MR) is 70.6 cm³/mol. The second-order valence-electron chi connectivity index (χ2n) is 6.59. The molecule has 1 heterocycles. The topological polar surface area (TPSA) is 3.24 Å². The van der Waals surface area contributed by atoms with E-state index in [4.69, 9.17) is 0 Å². The molecule has 16 heavy (non-hydrogen) atoms. The fraction of sp³-hybridized carbons (Fsp3) is 1.00. The summed E-state index contributed by atoms with van der Waals surface area (Å²) in [6.45, 7) is 11.2. The summed E-state index contributed by atoms with van der Waals surface area (Å²) in [6, 6.07) is 0. The predicted octanol–water partition coefficient (Wildman–Crippen LogP) is 3.93. The first-order chi connectivity index (χ1) is 7.65. The van der Waals surface area contributed by atoms with Gasteiger partial charge in [0.25, 0.3) is 0 Å². The molecule has 0 N–H and O–H groups in total. The van der Waals surface area contributed by atoms with Crippen LogP contribution in [0.4, 0.5) is 0 Å². The van der Waals surface area contributed by atoms with E-state index in [1.807, 2.05) is 0 Å². The quantitative estimate of drug-likeness (QED) is 0.700. The highest BCUT2D eigenvalue weighted by molar-refractivity contribution is 4.93.